The molecule has 1 amide bonds. The molecule has 27 heavy (non-hydrogen) atoms. The Balaban J connectivity index is 1.52. The Hall–Kier alpha value is -2.31. The van der Waals surface area contributed by atoms with Crippen LogP contribution in [0.3, 0.4) is 0 Å². The van der Waals surface area contributed by atoms with Crippen molar-refractivity contribution in [2.75, 3.05) is 18.9 Å². The van der Waals surface area contributed by atoms with E-state index in [2.05, 4.69) is 41.1 Å². The van der Waals surface area contributed by atoms with E-state index in [4.69, 9.17) is 9.72 Å². The Morgan fingerprint density at radius 1 is 1.30 bits per heavy atom. The highest BCUT2D eigenvalue weighted by atomic mass is 32.2. The standard InChI is InChI=1S/C21H23N3O2S/c1-15-6-4-7-16(12-15)24-19-10-3-2-9-18(19)23-21(24)27-14-20(25)22-13-17-8-5-11-26-17/h2-4,6-7,9-10,12,17H,5,8,11,13-14H2,1H3,(H,22,25)/t17-/m1/s1. The van der Waals surface area contributed by atoms with Gasteiger partial charge < -0.3 is 10.1 Å². The van der Waals surface area contributed by atoms with Crippen LogP contribution in [-0.4, -0.2) is 40.5 Å². The number of ether oxygens (including phenoxy) is 1. The van der Waals surface area contributed by atoms with Gasteiger partial charge >= 0.3 is 0 Å². The van der Waals surface area contributed by atoms with E-state index in [1.165, 1.54) is 17.3 Å². The molecule has 140 valence electrons. The summed E-state index contributed by atoms with van der Waals surface area (Å²) in [4.78, 5) is 17.0. The lowest BCUT2D eigenvalue weighted by atomic mass is 10.2. The number of carbonyl (C=O) groups excluding carboxylic acids is 1. The number of nitrogens with one attached hydrogen (secondary N) is 1. The number of carbonyl (C=O) groups is 1. The molecule has 1 aliphatic rings. The number of aryl methyl sites for hydroxylation is 1. The summed E-state index contributed by atoms with van der Waals surface area (Å²) in [5.74, 6) is 0.348. The van der Waals surface area contributed by atoms with Crippen LogP contribution in [-0.2, 0) is 9.53 Å². The molecular formula is C21H23N3O2S. The van der Waals surface area contributed by atoms with Crippen molar-refractivity contribution in [2.24, 2.45) is 0 Å². The minimum absolute atomic E-state index is 0.0124. The third kappa shape index (κ3) is 4.17. The van der Waals surface area contributed by atoms with Gasteiger partial charge in [-0.25, -0.2) is 4.98 Å². The van der Waals surface area contributed by atoms with Gasteiger partial charge in [0.05, 0.1) is 22.9 Å². The quantitative estimate of drug-likeness (QED) is 0.661. The van der Waals surface area contributed by atoms with E-state index in [0.29, 0.717) is 12.3 Å². The summed E-state index contributed by atoms with van der Waals surface area (Å²) in [6.07, 6.45) is 2.27. The van der Waals surface area contributed by atoms with Gasteiger partial charge in [0, 0.05) is 18.8 Å². The number of hydrogen-bond acceptors (Lipinski definition) is 4. The Kier molecular flexibility index (Phi) is 5.45. The second-order valence-electron chi connectivity index (χ2n) is 6.79. The maximum absolute atomic E-state index is 12.3. The molecule has 0 spiro atoms. The Bertz CT molecular complexity index is 948. The maximum Gasteiger partial charge on any atom is 0.230 e. The fourth-order valence-electron chi connectivity index (χ4n) is 3.33. The van der Waals surface area contributed by atoms with Gasteiger partial charge in [-0.15, -0.1) is 0 Å². The van der Waals surface area contributed by atoms with Crippen molar-refractivity contribution in [1.82, 2.24) is 14.9 Å². The first-order valence-corrected chi connectivity index (χ1v) is 10.2. The molecule has 1 aromatic heterocycles. The number of fused-ring (bicyclic) bond motifs is 1. The number of amides is 1. The monoisotopic (exact) mass is 381 g/mol. The second kappa shape index (κ2) is 8.15. The predicted molar refractivity (Wildman–Crippen MR) is 109 cm³/mol. The van der Waals surface area contributed by atoms with Gasteiger partial charge in [-0.2, -0.15) is 0 Å². The molecule has 0 bridgehead atoms. The van der Waals surface area contributed by atoms with Crippen LogP contribution >= 0.6 is 11.8 Å². The molecule has 3 aromatic rings. The first kappa shape index (κ1) is 18.1. The molecule has 4 rings (SSSR count). The molecule has 0 radical (unpaired) electrons. The summed E-state index contributed by atoms with van der Waals surface area (Å²) in [7, 11) is 0. The third-order valence-corrected chi connectivity index (χ3v) is 5.61. The van der Waals surface area contributed by atoms with E-state index in [0.717, 1.165) is 41.3 Å². The van der Waals surface area contributed by atoms with Gasteiger partial charge in [0.1, 0.15) is 0 Å². The summed E-state index contributed by atoms with van der Waals surface area (Å²) < 4.78 is 7.68. The van der Waals surface area contributed by atoms with Gasteiger partial charge in [0.2, 0.25) is 5.91 Å². The zero-order chi connectivity index (χ0) is 18.6. The number of thioether (sulfide) groups is 1. The molecule has 2 aromatic carbocycles. The fourth-order valence-corrected chi connectivity index (χ4v) is 4.19. The molecule has 1 saturated heterocycles. The lowest BCUT2D eigenvalue weighted by Crippen LogP contribution is -2.32. The summed E-state index contributed by atoms with van der Waals surface area (Å²) >= 11 is 1.46. The van der Waals surface area contributed by atoms with Crippen LogP contribution < -0.4 is 5.32 Å². The Morgan fingerprint density at radius 3 is 3.00 bits per heavy atom. The normalized spacial score (nSPS) is 16.7. The average Bonchev–Trinajstić information content (AvgIpc) is 3.32. The molecule has 1 aliphatic heterocycles. The minimum Gasteiger partial charge on any atom is -0.376 e. The first-order chi connectivity index (χ1) is 13.2. The highest BCUT2D eigenvalue weighted by molar-refractivity contribution is 7.99. The predicted octanol–water partition coefficient (Wildman–Crippen LogP) is 3.72. The van der Waals surface area contributed by atoms with Crippen molar-refractivity contribution in [3.63, 3.8) is 0 Å². The number of hydrogen-bond donors (Lipinski definition) is 1. The molecule has 6 heteroatoms. The molecule has 5 nitrogen and oxygen atoms in total. The smallest absolute Gasteiger partial charge is 0.230 e. The molecule has 1 N–H and O–H groups in total. The lowest BCUT2D eigenvalue weighted by Gasteiger charge is -2.11. The molecule has 2 heterocycles. The molecule has 1 fully saturated rings. The number of aromatic nitrogens is 2. The zero-order valence-electron chi connectivity index (χ0n) is 15.4. The first-order valence-electron chi connectivity index (χ1n) is 9.26. The van der Waals surface area contributed by atoms with Crippen LogP contribution in [0.5, 0.6) is 0 Å². The van der Waals surface area contributed by atoms with Gasteiger partial charge in [-0.05, 0) is 49.6 Å². The summed E-state index contributed by atoms with van der Waals surface area (Å²) in [5, 5.41) is 3.80. The number of para-hydroxylation sites is 2. The van der Waals surface area contributed by atoms with Crippen LogP contribution in [0.25, 0.3) is 16.7 Å². The Labute approximate surface area is 163 Å². The van der Waals surface area contributed by atoms with Crippen molar-refractivity contribution >= 4 is 28.7 Å². The topological polar surface area (TPSA) is 56.2 Å². The van der Waals surface area contributed by atoms with E-state index < -0.39 is 0 Å². The fraction of sp³-hybridized carbons (Fsp3) is 0.333. The second-order valence-corrected chi connectivity index (χ2v) is 7.73. The highest BCUT2D eigenvalue weighted by Gasteiger charge is 2.17. The third-order valence-electron chi connectivity index (χ3n) is 4.67. The number of rotatable bonds is 6. The summed E-state index contributed by atoms with van der Waals surface area (Å²) in [6.45, 7) is 3.47. The van der Waals surface area contributed by atoms with E-state index in [1.807, 2.05) is 24.3 Å². The van der Waals surface area contributed by atoms with Gasteiger partial charge in [-0.1, -0.05) is 36.0 Å². The van der Waals surface area contributed by atoms with Crippen molar-refractivity contribution in [3.8, 4) is 5.69 Å². The number of imidazole rings is 1. The molecular weight excluding hydrogens is 358 g/mol. The van der Waals surface area contributed by atoms with Crippen LogP contribution in [0.15, 0.2) is 53.7 Å². The van der Waals surface area contributed by atoms with E-state index in [9.17, 15) is 4.79 Å². The molecule has 0 unspecified atom stereocenters. The van der Waals surface area contributed by atoms with Crippen LogP contribution in [0.4, 0.5) is 0 Å². The van der Waals surface area contributed by atoms with Crippen LogP contribution in [0.2, 0.25) is 0 Å². The molecule has 0 saturated carbocycles. The van der Waals surface area contributed by atoms with Gasteiger partial charge in [0.15, 0.2) is 5.16 Å². The molecule has 1 atom stereocenters. The zero-order valence-corrected chi connectivity index (χ0v) is 16.2. The maximum atomic E-state index is 12.3. The molecule has 0 aliphatic carbocycles. The number of nitrogens with zero attached hydrogens (tertiary/aromatic N) is 2. The largest absolute Gasteiger partial charge is 0.376 e. The summed E-state index contributed by atoms with van der Waals surface area (Å²) in [6, 6.07) is 16.4. The van der Waals surface area contributed by atoms with Gasteiger partial charge in [-0.3, -0.25) is 9.36 Å². The van der Waals surface area contributed by atoms with E-state index in [1.54, 1.807) is 0 Å². The summed E-state index contributed by atoms with van der Waals surface area (Å²) in [5.41, 5.74) is 4.23. The SMILES string of the molecule is Cc1cccc(-n2c(SCC(=O)NC[C@H]3CCCO3)nc3ccccc32)c1. The van der Waals surface area contributed by atoms with E-state index in [-0.39, 0.29) is 12.0 Å². The van der Waals surface area contributed by atoms with Crippen LogP contribution in [0.1, 0.15) is 18.4 Å². The average molecular weight is 382 g/mol. The van der Waals surface area contributed by atoms with Crippen LogP contribution in [0, 0.1) is 6.92 Å². The van der Waals surface area contributed by atoms with Crippen molar-refractivity contribution < 1.29 is 9.53 Å². The van der Waals surface area contributed by atoms with Crippen molar-refractivity contribution in [2.45, 2.75) is 31.0 Å². The van der Waals surface area contributed by atoms with E-state index >= 15 is 0 Å². The van der Waals surface area contributed by atoms with Crippen molar-refractivity contribution in [3.05, 3.63) is 54.1 Å². The minimum atomic E-state index is 0.0124. The Morgan fingerprint density at radius 2 is 2.19 bits per heavy atom. The van der Waals surface area contributed by atoms with Crippen molar-refractivity contribution in [1.29, 1.82) is 0 Å². The lowest BCUT2D eigenvalue weighted by molar-refractivity contribution is -0.119. The van der Waals surface area contributed by atoms with Gasteiger partial charge in [0.25, 0.3) is 0 Å². The number of benzene rings is 2. The highest BCUT2D eigenvalue weighted by Crippen LogP contribution is 2.28.